The van der Waals surface area contributed by atoms with Crippen LogP contribution in [0.1, 0.15) is 30.6 Å². The number of amidine groups is 1. The molecule has 0 aliphatic carbocycles. The number of anilines is 1. The molecule has 9 heteroatoms. The fraction of sp³-hybridized carbons (Fsp3) is 0.579. The van der Waals surface area contributed by atoms with E-state index in [-0.39, 0.29) is 28.7 Å². The molecule has 1 amide bonds. The summed E-state index contributed by atoms with van der Waals surface area (Å²) < 4.78 is 23.3. The number of thioether (sulfide) groups is 1. The zero-order valence-corrected chi connectivity index (χ0v) is 18.0. The van der Waals surface area contributed by atoms with Crippen LogP contribution < -0.4 is 10.6 Å². The van der Waals surface area contributed by atoms with Crippen LogP contribution in [0, 0.1) is 0 Å². The number of nitrogens with one attached hydrogen (secondary N) is 2. The molecule has 28 heavy (non-hydrogen) atoms. The van der Waals surface area contributed by atoms with Crippen LogP contribution in [-0.4, -0.2) is 73.4 Å². The summed E-state index contributed by atoms with van der Waals surface area (Å²) in [6, 6.07) is 7.12. The van der Waals surface area contributed by atoms with Crippen LogP contribution in [0.3, 0.4) is 0 Å². The van der Waals surface area contributed by atoms with Crippen LogP contribution in [0.4, 0.5) is 5.69 Å². The molecule has 3 rings (SSSR count). The largest absolute Gasteiger partial charge is 0.352 e. The van der Waals surface area contributed by atoms with Crippen molar-refractivity contribution in [3.05, 3.63) is 29.8 Å². The van der Waals surface area contributed by atoms with Crippen LogP contribution in [0.25, 0.3) is 0 Å². The SMILES string of the molecule is CCN(CC)CCCNC(=O)c1ccc(NC2=NC3CS(=O)(=O)CC3S2)cc1. The van der Waals surface area contributed by atoms with Gasteiger partial charge in [-0.15, -0.1) is 0 Å². The minimum absolute atomic E-state index is 0.0221. The summed E-state index contributed by atoms with van der Waals surface area (Å²) in [7, 11) is -2.94. The highest BCUT2D eigenvalue weighted by atomic mass is 32.2. The van der Waals surface area contributed by atoms with Gasteiger partial charge in [-0.05, 0) is 50.3 Å². The number of fused-ring (bicyclic) bond motifs is 1. The molecule has 0 saturated carbocycles. The number of aliphatic imine (C=N–C) groups is 1. The summed E-state index contributed by atoms with van der Waals surface area (Å²) in [5.74, 6) is 0.270. The van der Waals surface area contributed by atoms with Gasteiger partial charge in [-0.1, -0.05) is 25.6 Å². The lowest BCUT2D eigenvalue weighted by molar-refractivity contribution is 0.0952. The fourth-order valence-corrected chi connectivity index (χ4v) is 7.07. The van der Waals surface area contributed by atoms with Crippen LogP contribution in [0.15, 0.2) is 29.3 Å². The van der Waals surface area contributed by atoms with Gasteiger partial charge in [-0.25, -0.2) is 8.42 Å². The van der Waals surface area contributed by atoms with E-state index < -0.39 is 9.84 Å². The van der Waals surface area contributed by atoms with Gasteiger partial charge < -0.3 is 15.5 Å². The highest BCUT2D eigenvalue weighted by Crippen LogP contribution is 2.34. The zero-order valence-electron chi connectivity index (χ0n) is 16.3. The monoisotopic (exact) mass is 424 g/mol. The van der Waals surface area contributed by atoms with E-state index >= 15 is 0 Å². The Kier molecular flexibility index (Phi) is 7.00. The standard InChI is InChI=1S/C19H28N4O3S2/c1-3-23(4-2)11-5-10-20-18(24)14-6-8-15(9-7-14)21-19-22-16-12-28(25,26)13-17(16)27-19/h6-9,16-17H,3-5,10-13H2,1-2H3,(H,20,24)(H,21,22). The summed E-state index contributed by atoms with van der Waals surface area (Å²) in [6.45, 7) is 7.98. The highest BCUT2D eigenvalue weighted by molar-refractivity contribution is 8.15. The summed E-state index contributed by atoms with van der Waals surface area (Å²) in [6.07, 6.45) is 0.933. The maximum absolute atomic E-state index is 12.2. The molecule has 0 bridgehead atoms. The molecule has 2 atom stereocenters. The van der Waals surface area contributed by atoms with Crippen molar-refractivity contribution >= 4 is 38.4 Å². The van der Waals surface area contributed by atoms with Crippen LogP contribution in [-0.2, 0) is 9.84 Å². The average Bonchev–Trinajstić information content (AvgIpc) is 3.14. The van der Waals surface area contributed by atoms with E-state index in [2.05, 4.69) is 34.4 Å². The van der Waals surface area contributed by atoms with E-state index in [1.165, 1.54) is 11.8 Å². The third-order valence-electron chi connectivity index (χ3n) is 5.05. The molecule has 2 aliphatic heterocycles. The second-order valence-corrected chi connectivity index (χ2v) is 10.5. The Labute approximate surface area is 171 Å². The molecule has 0 spiro atoms. The molecule has 1 fully saturated rings. The molecule has 154 valence electrons. The van der Waals surface area contributed by atoms with Gasteiger partial charge in [0.15, 0.2) is 15.0 Å². The van der Waals surface area contributed by atoms with E-state index in [9.17, 15) is 13.2 Å². The predicted molar refractivity (Wildman–Crippen MR) is 116 cm³/mol. The molecule has 2 N–H and O–H groups in total. The first-order chi connectivity index (χ1) is 13.4. The van der Waals surface area contributed by atoms with Crippen molar-refractivity contribution in [3.8, 4) is 0 Å². The molecule has 1 aromatic rings. The van der Waals surface area contributed by atoms with E-state index in [0.717, 1.165) is 36.9 Å². The summed E-state index contributed by atoms with van der Waals surface area (Å²) in [5.41, 5.74) is 1.46. The molecular weight excluding hydrogens is 396 g/mol. The number of hydrogen-bond donors (Lipinski definition) is 2. The molecule has 2 unspecified atom stereocenters. The molecule has 2 heterocycles. The topological polar surface area (TPSA) is 90.9 Å². The van der Waals surface area contributed by atoms with Crippen molar-refractivity contribution in [1.29, 1.82) is 0 Å². The smallest absolute Gasteiger partial charge is 0.251 e. The quantitative estimate of drug-likeness (QED) is 0.619. The second kappa shape index (κ2) is 9.28. The Morgan fingerprint density at radius 2 is 1.93 bits per heavy atom. The minimum atomic E-state index is -2.94. The van der Waals surface area contributed by atoms with Gasteiger partial charge in [0.25, 0.3) is 5.91 Å². The lowest BCUT2D eigenvalue weighted by Gasteiger charge is -2.17. The minimum Gasteiger partial charge on any atom is -0.352 e. The van der Waals surface area contributed by atoms with Crippen LogP contribution in [0.5, 0.6) is 0 Å². The number of benzene rings is 1. The number of carbonyl (C=O) groups excluding carboxylic acids is 1. The maximum atomic E-state index is 12.2. The van der Waals surface area contributed by atoms with Crippen LogP contribution >= 0.6 is 11.8 Å². The van der Waals surface area contributed by atoms with Gasteiger partial charge in [0.2, 0.25) is 0 Å². The van der Waals surface area contributed by atoms with Gasteiger partial charge in [0.1, 0.15) is 0 Å². The number of carbonyl (C=O) groups is 1. The van der Waals surface area contributed by atoms with E-state index in [0.29, 0.717) is 12.1 Å². The molecule has 7 nitrogen and oxygen atoms in total. The summed E-state index contributed by atoms with van der Waals surface area (Å²) >= 11 is 1.48. The van der Waals surface area contributed by atoms with Gasteiger partial charge in [0.05, 0.1) is 17.5 Å². The number of amides is 1. The van der Waals surface area contributed by atoms with Crippen molar-refractivity contribution in [2.45, 2.75) is 31.6 Å². The Hall–Kier alpha value is -1.58. The van der Waals surface area contributed by atoms with Crippen molar-refractivity contribution in [2.24, 2.45) is 4.99 Å². The third-order valence-corrected chi connectivity index (χ3v) is 8.19. The first-order valence-corrected chi connectivity index (χ1v) is 12.4. The number of nitrogens with zero attached hydrogens (tertiary/aromatic N) is 2. The molecular formula is C19H28N4O3S2. The Morgan fingerprint density at radius 1 is 1.21 bits per heavy atom. The van der Waals surface area contributed by atoms with E-state index in [1.54, 1.807) is 12.1 Å². The second-order valence-electron chi connectivity index (χ2n) is 7.07. The number of hydrogen-bond acceptors (Lipinski definition) is 7. The normalized spacial score (nSPS) is 22.8. The number of rotatable bonds is 8. The van der Waals surface area contributed by atoms with Crippen LogP contribution in [0.2, 0.25) is 0 Å². The molecule has 2 aliphatic rings. The molecule has 1 aromatic carbocycles. The zero-order chi connectivity index (χ0) is 20.1. The highest BCUT2D eigenvalue weighted by Gasteiger charge is 2.42. The van der Waals surface area contributed by atoms with Crippen molar-refractivity contribution in [1.82, 2.24) is 10.2 Å². The first-order valence-electron chi connectivity index (χ1n) is 9.72. The predicted octanol–water partition coefficient (Wildman–Crippen LogP) is 1.83. The Morgan fingerprint density at radius 3 is 2.57 bits per heavy atom. The Balaban J connectivity index is 1.46. The van der Waals surface area contributed by atoms with Crippen molar-refractivity contribution in [2.75, 3.05) is 43.0 Å². The molecule has 0 radical (unpaired) electrons. The number of sulfone groups is 1. The van der Waals surface area contributed by atoms with Gasteiger partial charge >= 0.3 is 0 Å². The molecule has 1 saturated heterocycles. The Bertz CT molecular complexity index is 820. The van der Waals surface area contributed by atoms with Gasteiger partial charge in [0, 0.05) is 23.0 Å². The third kappa shape index (κ3) is 5.48. The van der Waals surface area contributed by atoms with Crippen molar-refractivity contribution in [3.63, 3.8) is 0 Å². The summed E-state index contributed by atoms with van der Waals surface area (Å²) in [5, 5.41) is 6.95. The van der Waals surface area contributed by atoms with E-state index in [4.69, 9.17) is 0 Å². The molecule has 0 aromatic heterocycles. The van der Waals surface area contributed by atoms with Gasteiger partial charge in [-0.3, -0.25) is 9.79 Å². The van der Waals surface area contributed by atoms with Crippen molar-refractivity contribution < 1.29 is 13.2 Å². The average molecular weight is 425 g/mol. The van der Waals surface area contributed by atoms with Gasteiger partial charge in [-0.2, -0.15) is 0 Å². The van der Waals surface area contributed by atoms with E-state index in [1.807, 2.05) is 12.1 Å². The summed E-state index contributed by atoms with van der Waals surface area (Å²) in [4.78, 5) is 19.1. The maximum Gasteiger partial charge on any atom is 0.251 e. The fourth-order valence-electron chi connectivity index (χ4n) is 3.39. The lowest BCUT2D eigenvalue weighted by atomic mass is 10.2. The first kappa shape index (κ1) is 21.1. The lowest BCUT2D eigenvalue weighted by Crippen LogP contribution is -2.29.